The second-order valence-electron chi connectivity index (χ2n) is 4.30. The van der Waals surface area contributed by atoms with Gasteiger partial charge in [-0.15, -0.1) is 0 Å². The Balaban J connectivity index is 3.24. The fourth-order valence-corrected chi connectivity index (χ4v) is 1.78. The molecule has 0 spiro atoms. The van der Waals surface area contributed by atoms with Crippen LogP contribution in [0.15, 0.2) is 36.7 Å². The van der Waals surface area contributed by atoms with E-state index < -0.39 is 41.9 Å². The molecule has 0 saturated heterocycles. The van der Waals surface area contributed by atoms with Crippen molar-refractivity contribution in [3.63, 3.8) is 0 Å². The molecule has 0 aliphatic rings. The Hall–Kier alpha value is -2.38. The lowest BCUT2D eigenvalue weighted by atomic mass is 9.97. The van der Waals surface area contributed by atoms with Gasteiger partial charge in [-0.1, -0.05) is 24.8 Å². The summed E-state index contributed by atoms with van der Waals surface area (Å²) >= 11 is 0. The first kappa shape index (κ1) is 17.7. The van der Waals surface area contributed by atoms with Crippen LogP contribution in [0.1, 0.15) is 23.6 Å². The summed E-state index contributed by atoms with van der Waals surface area (Å²) in [6.07, 6.45) is -5.27. The zero-order valence-corrected chi connectivity index (χ0v) is 11.5. The molecule has 0 heterocycles. The van der Waals surface area contributed by atoms with Gasteiger partial charge in [0.2, 0.25) is 0 Å². The molecule has 0 aromatic heterocycles. The van der Waals surface area contributed by atoms with Crippen LogP contribution in [0.5, 0.6) is 0 Å². The number of rotatable bonds is 5. The van der Waals surface area contributed by atoms with Gasteiger partial charge in [-0.05, 0) is 11.6 Å². The van der Waals surface area contributed by atoms with Gasteiger partial charge in [-0.3, -0.25) is 9.59 Å². The SMILES string of the molecule is C=C(F)C(=O)NC(CC(=O)OC)c1ccccc1C(F)(F)F. The Morgan fingerprint density at radius 1 is 1.32 bits per heavy atom. The molecule has 8 heteroatoms. The summed E-state index contributed by atoms with van der Waals surface area (Å²) in [6.45, 7) is 2.76. The topological polar surface area (TPSA) is 55.4 Å². The van der Waals surface area contributed by atoms with Gasteiger partial charge in [0.05, 0.1) is 25.1 Å². The lowest BCUT2D eigenvalue weighted by Crippen LogP contribution is -2.32. The molecule has 0 aliphatic carbocycles. The van der Waals surface area contributed by atoms with Gasteiger partial charge in [0, 0.05) is 0 Å². The van der Waals surface area contributed by atoms with Crippen molar-refractivity contribution in [1.29, 1.82) is 0 Å². The predicted molar refractivity (Wildman–Crippen MR) is 69.2 cm³/mol. The first-order chi connectivity index (χ1) is 10.2. The molecule has 120 valence electrons. The summed E-state index contributed by atoms with van der Waals surface area (Å²) in [5, 5.41) is 2.00. The van der Waals surface area contributed by atoms with Crippen molar-refractivity contribution in [1.82, 2.24) is 5.32 Å². The molecule has 0 bridgehead atoms. The quantitative estimate of drug-likeness (QED) is 0.516. The number of esters is 1. The van der Waals surface area contributed by atoms with Crippen molar-refractivity contribution >= 4 is 11.9 Å². The predicted octanol–water partition coefficient (Wildman–Crippen LogP) is 2.91. The van der Waals surface area contributed by atoms with E-state index in [1.807, 2.05) is 5.32 Å². The number of hydrogen-bond acceptors (Lipinski definition) is 3. The van der Waals surface area contributed by atoms with E-state index >= 15 is 0 Å². The molecule has 0 fully saturated rings. The van der Waals surface area contributed by atoms with Crippen molar-refractivity contribution in [2.45, 2.75) is 18.6 Å². The summed E-state index contributed by atoms with van der Waals surface area (Å²) in [5.74, 6) is -3.53. The third-order valence-corrected chi connectivity index (χ3v) is 2.79. The molecule has 1 aromatic rings. The van der Waals surface area contributed by atoms with E-state index in [1.165, 1.54) is 6.07 Å². The van der Waals surface area contributed by atoms with E-state index in [1.54, 1.807) is 0 Å². The highest BCUT2D eigenvalue weighted by Crippen LogP contribution is 2.35. The van der Waals surface area contributed by atoms with Crippen molar-refractivity contribution in [3.05, 3.63) is 47.8 Å². The third-order valence-electron chi connectivity index (χ3n) is 2.79. The molecule has 1 amide bonds. The molecule has 22 heavy (non-hydrogen) atoms. The fourth-order valence-electron chi connectivity index (χ4n) is 1.78. The zero-order chi connectivity index (χ0) is 16.9. The van der Waals surface area contributed by atoms with Gasteiger partial charge in [-0.2, -0.15) is 13.2 Å². The Bertz CT molecular complexity index is 584. The largest absolute Gasteiger partial charge is 0.469 e. The van der Waals surface area contributed by atoms with E-state index in [4.69, 9.17) is 0 Å². The molecule has 1 atom stereocenters. The number of nitrogens with one attached hydrogen (secondary N) is 1. The van der Waals surface area contributed by atoms with Gasteiger partial charge in [0.1, 0.15) is 0 Å². The van der Waals surface area contributed by atoms with Crippen LogP contribution in [0.25, 0.3) is 0 Å². The van der Waals surface area contributed by atoms with Crippen LogP contribution >= 0.6 is 0 Å². The Labute approximate surface area is 123 Å². The number of carbonyl (C=O) groups excluding carboxylic acids is 2. The summed E-state index contributed by atoms with van der Waals surface area (Å²) in [6, 6.07) is 2.97. The van der Waals surface area contributed by atoms with Crippen LogP contribution in [0.3, 0.4) is 0 Å². The molecular weight excluding hydrogens is 306 g/mol. The molecule has 0 saturated carbocycles. The highest BCUT2D eigenvalue weighted by molar-refractivity contribution is 5.91. The summed E-state index contributed by atoms with van der Waals surface area (Å²) in [4.78, 5) is 22.7. The number of amides is 1. The van der Waals surface area contributed by atoms with Crippen LogP contribution in [0.2, 0.25) is 0 Å². The van der Waals surface area contributed by atoms with E-state index in [9.17, 15) is 27.2 Å². The molecular formula is C14H13F4NO3. The van der Waals surface area contributed by atoms with E-state index in [-0.39, 0.29) is 5.56 Å². The molecule has 4 nitrogen and oxygen atoms in total. The first-order valence-corrected chi connectivity index (χ1v) is 6.05. The number of ether oxygens (including phenoxy) is 1. The fraction of sp³-hybridized carbons (Fsp3) is 0.286. The van der Waals surface area contributed by atoms with Crippen molar-refractivity contribution < 1.29 is 31.9 Å². The number of hydrogen-bond donors (Lipinski definition) is 1. The second kappa shape index (κ2) is 7.06. The van der Waals surface area contributed by atoms with E-state index in [0.717, 1.165) is 25.3 Å². The highest BCUT2D eigenvalue weighted by atomic mass is 19.4. The zero-order valence-electron chi connectivity index (χ0n) is 11.5. The monoisotopic (exact) mass is 319 g/mol. The van der Waals surface area contributed by atoms with Gasteiger partial charge in [0.25, 0.3) is 5.91 Å². The molecule has 1 unspecified atom stereocenters. The maximum absolute atomic E-state index is 13.0. The molecule has 1 N–H and O–H groups in total. The second-order valence-corrected chi connectivity index (χ2v) is 4.30. The van der Waals surface area contributed by atoms with Gasteiger partial charge >= 0.3 is 12.1 Å². The van der Waals surface area contributed by atoms with Gasteiger partial charge in [-0.25, -0.2) is 4.39 Å². The third kappa shape index (κ3) is 4.57. The van der Waals surface area contributed by atoms with Crippen LogP contribution in [-0.4, -0.2) is 19.0 Å². The smallest absolute Gasteiger partial charge is 0.416 e. The molecule has 0 radical (unpaired) electrons. The van der Waals surface area contributed by atoms with Crippen molar-refractivity contribution in [2.24, 2.45) is 0 Å². The molecule has 0 aliphatic heterocycles. The number of benzene rings is 1. The Morgan fingerprint density at radius 2 is 1.91 bits per heavy atom. The lowest BCUT2D eigenvalue weighted by molar-refractivity contribution is -0.143. The number of methoxy groups -OCH3 is 1. The van der Waals surface area contributed by atoms with Crippen LogP contribution < -0.4 is 5.32 Å². The summed E-state index contributed by atoms with van der Waals surface area (Å²) < 4.78 is 56.2. The Kier molecular flexibility index (Phi) is 5.67. The van der Waals surface area contributed by atoms with Gasteiger partial charge in [0.15, 0.2) is 5.83 Å². The van der Waals surface area contributed by atoms with E-state index in [0.29, 0.717) is 0 Å². The first-order valence-electron chi connectivity index (χ1n) is 6.05. The standard InChI is InChI=1S/C14H13F4NO3/c1-8(15)13(21)19-11(7-12(20)22-2)9-5-3-4-6-10(9)14(16,17)18/h3-6,11H,1,7H2,2H3,(H,19,21). The van der Waals surface area contributed by atoms with Crippen LogP contribution in [0.4, 0.5) is 17.6 Å². The minimum absolute atomic E-state index is 0.366. The minimum Gasteiger partial charge on any atom is -0.469 e. The van der Waals surface area contributed by atoms with Crippen LogP contribution in [0, 0.1) is 0 Å². The number of carbonyl (C=O) groups is 2. The average Bonchev–Trinajstić information content (AvgIpc) is 2.45. The Morgan fingerprint density at radius 3 is 2.41 bits per heavy atom. The van der Waals surface area contributed by atoms with Crippen LogP contribution in [-0.2, 0) is 20.5 Å². The minimum atomic E-state index is -4.69. The van der Waals surface area contributed by atoms with Gasteiger partial charge < -0.3 is 10.1 Å². The normalized spacial score (nSPS) is 12.4. The lowest BCUT2D eigenvalue weighted by Gasteiger charge is -2.21. The number of halogens is 4. The van der Waals surface area contributed by atoms with E-state index in [2.05, 4.69) is 11.3 Å². The summed E-state index contributed by atoms with van der Waals surface area (Å²) in [7, 11) is 1.05. The molecule has 1 aromatic carbocycles. The maximum Gasteiger partial charge on any atom is 0.416 e. The average molecular weight is 319 g/mol. The van der Waals surface area contributed by atoms with Crippen molar-refractivity contribution in [3.8, 4) is 0 Å². The molecule has 1 rings (SSSR count). The summed E-state index contributed by atoms with van der Waals surface area (Å²) in [5.41, 5.74) is -1.40. The number of alkyl halides is 3. The van der Waals surface area contributed by atoms with Crippen molar-refractivity contribution in [2.75, 3.05) is 7.11 Å². The maximum atomic E-state index is 13.0. The highest BCUT2D eigenvalue weighted by Gasteiger charge is 2.36.